The molecule has 3 aromatic rings. The second kappa shape index (κ2) is 14.7. The summed E-state index contributed by atoms with van der Waals surface area (Å²) in [7, 11) is 0. The third-order valence-electron chi connectivity index (χ3n) is 8.34. The molecular weight excluding hydrogens is 574 g/mol. The Labute approximate surface area is 265 Å². The van der Waals surface area contributed by atoms with E-state index in [1.807, 2.05) is 32.0 Å². The first-order valence-electron chi connectivity index (χ1n) is 15.2. The summed E-state index contributed by atoms with van der Waals surface area (Å²) >= 11 is 6.61. The van der Waals surface area contributed by atoms with Crippen LogP contribution in [0.3, 0.4) is 0 Å². The Morgan fingerprint density at radius 3 is 1.86 bits per heavy atom. The molecule has 1 unspecified atom stereocenters. The highest BCUT2D eigenvalue weighted by Crippen LogP contribution is 2.41. The molecule has 1 N–H and O–H groups in total. The van der Waals surface area contributed by atoms with Gasteiger partial charge in [-0.25, -0.2) is 9.59 Å². The van der Waals surface area contributed by atoms with E-state index in [9.17, 15) is 9.59 Å². The van der Waals surface area contributed by atoms with Crippen LogP contribution in [0.1, 0.15) is 49.4 Å². The van der Waals surface area contributed by atoms with Crippen LogP contribution in [0.2, 0.25) is 5.02 Å². The molecule has 1 atom stereocenters. The molecule has 44 heavy (non-hydrogen) atoms. The van der Waals surface area contributed by atoms with Crippen molar-refractivity contribution in [3.8, 4) is 0 Å². The minimum absolute atomic E-state index is 0.193. The molecule has 2 heterocycles. The molecule has 0 bridgehead atoms. The van der Waals surface area contributed by atoms with Crippen molar-refractivity contribution in [2.24, 2.45) is 0 Å². The molecule has 5 rings (SSSR count). The van der Waals surface area contributed by atoms with E-state index in [2.05, 4.69) is 75.8 Å². The minimum atomic E-state index is -0.701. The summed E-state index contributed by atoms with van der Waals surface area (Å²) in [5.74, 6) is -1.66. The quantitative estimate of drug-likeness (QED) is 0.278. The van der Waals surface area contributed by atoms with Gasteiger partial charge >= 0.3 is 11.9 Å². The molecule has 230 valence electrons. The molecule has 3 aromatic carbocycles. The fourth-order valence-corrected chi connectivity index (χ4v) is 6.48. The highest BCUT2D eigenvalue weighted by molar-refractivity contribution is 6.31. The Kier molecular flexibility index (Phi) is 10.5. The number of carbonyl (C=O) groups excluding carboxylic acids is 2. The number of nitrogens with one attached hydrogen (secondary N) is 1. The summed E-state index contributed by atoms with van der Waals surface area (Å²) in [6.45, 7) is 10.0. The summed E-state index contributed by atoms with van der Waals surface area (Å²) in [4.78, 5) is 31.6. The third-order valence-corrected chi connectivity index (χ3v) is 8.68. The van der Waals surface area contributed by atoms with E-state index in [1.54, 1.807) is 13.0 Å². The number of hydrogen-bond donors (Lipinski definition) is 1. The van der Waals surface area contributed by atoms with E-state index >= 15 is 0 Å². The summed E-state index contributed by atoms with van der Waals surface area (Å²) < 4.78 is 11.3. The van der Waals surface area contributed by atoms with Gasteiger partial charge in [-0.3, -0.25) is 9.80 Å². The highest BCUT2D eigenvalue weighted by Gasteiger charge is 2.39. The molecule has 0 amide bonds. The van der Waals surface area contributed by atoms with Gasteiger partial charge in [-0.2, -0.15) is 0 Å². The van der Waals surface area contributed by atoms with Crippen molar-refractivity contribution >= 4 is 23.5 Å². The van der Waals surface area contributed by atoms with E-state index < -0.39 is 17.9 Å². The Bertz CT molecular complexity index is 1480. The Morgan fingerprint density at radius 1 is 0.795 bits per heavy atom. The molecule has 2 aliphatic rings. The SMILES string of the molecule is CCOC(=O)C1=C(C)NC(C)=C(C(=O)OCCN2CCN(C(c3ccccc3)c3ccccc3)CC2)C1c1ccccc1Cl. The van der Waals surface area contributed by atoms with Crippen LogP contribution in [-0.4, -0.2) is 67.7 Å². The van der Waals surface area contributed by atoms with Crippen LogP contribution in [0.5, 0.6) is 0 Å². The summed E-state index contributed by atoms with van der Waals surface area (Å²) in [6, 6.07) is 28.7. The molecule has 1 saturated heterocycles. The number of halogens is 1. The summed E-state index contributed by atoms with van der Waals surface area (Å²) in [6.07, 6.45) is 0. The number of esters is 2. The number of ether oxygens (including phenoxy) is 2. The smallest absolute Gasteiger partial charge is 0.336 e. The number of rotatable bonds is 10. The van der Waals surface area contributed by atoms with Crippen LogP contribution in [0.4, 0.5) is 0 Å². The van der Waals surface area contributed by atoms with Gasteiger partial charge in [-0.05, 0) is 43.5 Å². The molecule has 0 saturated carbocycles. The van der Waals surface area contributed by atoms with Crippen LogP contribution in [-0.2, 0) is 19.1 Å². The molecule has 0 aliphatic carbocycles. The van der Waals surface area contributed by atoms with Crippen molar-refractivity contribution in [3.05, 3.63) is 129 Å². The second-order valence-corrected chi connectivity index (χ2v) is 11.5. The van der Waals surface area contributed by atoms with Gasteiger partial charge in [0.2, 0.25) is 0 Å². The van der Waals surface area contributed by atoms with Crippen molar-refractivity contribution in [2.45, 2.75) is 32.7 Å². The van der Waals surface area contributed by atoms with Gasteiger partial charge in [0.25, 0.3) is 0 Å². The predicted molar refractivity (Wildman–Crippen MR) is 173 cm³/mol. The van der Waals surface area contributed by atoms with Crippen molar-refractivity contribution in [3.63, 3.8) is 0 Å². The summed E-state index contributed by atoms with van der Waals surface area (Å²) in [5, 5.41) is 3.67. The number of dihydropyridines is 1. The van der Waals surface area contributed by atoms with Gasteiger partial charge in [0, 0.05) is 49.1 Å². The Morgan fingerprint density at radius 2 is 1.32 bits per heavy atom. The molecule has 2 aliphatic heterocycles. The molecule has 0 aromatic heterocycles. The standard InChI is InChI=1S/C36H40ClN3O4/c1-4-43-35(41)31-25(2)38-26(3)32(33(31)29-17-11-12-18-30(29)37)36(42)44-24-23-39-19-21-40(22-20-39)34(27-13-7-5-8-14-27)28-15-9-6-10-16-28/h5-18,33-34,38H,4,19-24H2,1-3H3. The monoisotopic (exact) mass is 613 g/mol. The van der Waals surface area contributed by atoms with Gasteiger partial charge < -0.3 is 14.8 Å². The zero-order valence-electron chi connectivity index (χ0n) is 25.6. The number of benzene rings is 3. The van der Waals surface area contributed by atoms with E-state index in [-0.39, 0.29) is 19.3 Å². The number of carbonyl (C=O) groups is 2. The predicted octanol–water partition coefficient (Wildman–Crippen LogP) is 6.09. The van der Waals surface area contributed by atoms with Gasteiger partial charge in [0.15, 0.2) is 0 Å². The van der Waals surface area contributed by atoms with E-state index in [4.69, 9.17) is 21.1 Å². The molecule has 1 fully saturated rings. The molecule has 8 heteroatoms. The summed E-state index contributed by atoms with van der Waals surface area (Å²) in [5.41, 5.74) is 5.21. The van der Waals surface area contributed by atoms with Gasteiger partial charge in [0.05, 0.1) is 29.7 Å². The zero-order valence-corrected chi connectivity index (χ0v) is 26.3. The third kappa shape index (κ3) is 7.07. The van der Waals surface area contributed by atoms with Crippen molar-refractivity contribution < 1.29 is 19.1 Å². The zero-order chi connectivity index (χ0) is 31.1. The van der Waals surface area contributed by atoms with Crippen LogP contribution >= 0.6 is 11.6 Å². The van der Waals surface area contributed by atoms with Crippen molar-refractivity contribution in [2.75, 3.05) is 45.9 Å². The van der Waals surface area contributed by atoms with Crippen LogP contribution in [0, 0.1) is 0 Å². The number of hydrogen-bond acceptors (Lipinski definition) is 7. The first-order chi connectivity index (χ1) is 21.4. The number of allylic oxidation sites excluding steroid dienone is 2. The molecule has 0 spiro atoms. The fraction of sp³-hybridized carbons (Fsp3) is 0.333. The minimum Gasteiger partial charge on any atom is -0.463 e. The molecule has 0 radical (unpaired) electrons. The average molecular weight is 614 g/mol. The first kappa shape index (κ1) is 31.5. The lowest BCUT2D eigenvalue weighted by Gasteiger charge is -2.39. The largest absolute Gasteiger partial charge is 0.463 e. The van der Waals surface area contributed by atoms with E-state index in [1.165, 1.54) is 11.1 Å². The van der Waals surface area contributed by atoms with Crippen molar-refractivity contribution in [1.82, 2.24) is 15.1 Å². The Balaban J connectivity index is 1.24. The maximum Gasteiger partial charge on any atom is 0.336 e. The van der Waals surface area contributed by atoms with Crippen LogP contribution in [0.25, 0.3) is 0 Å². The van der Waals surface area contributed by atoms with Gasteiger partial charge in [-0.15, -0.1) is 0 Å². The van der Waals surface area contributed by atoms with E-state index in [0.717, 1.165) is 26.2 Å². The van der Waals surface area contributed by atoms with Gasteiger partial charge in [-0.1, -0.05) is 90.5 Å². The van der Waals surface area contributed by atoms with Crippen LogP contribution < -0.4 is 5.32 Å². The highest BCUT2D eigenvalue weighted by atomic mass is 35.5. The lowest BCUT2D eigenvalue weighted by Crippen LogP contribution is -2.48. The second-order valence-electron chi connectivity index (χ2n) is 11.1. The number of nitrogens with zero attached hydrogens (tertiary/aromatic N) is 2. The normalized spacial score (nSPS) is 17.9. The average Bonchev–Trinajstić information content (AvgIpc) is 3.03. The number of piperazine rings is 1. The lowest BCUT2D eigenvalue weighted by molar-refractivity contribution is -0.140. The lowest BCUT2D eigenvalue weighted by atomic mass is 9.80. The first-order valence-corrected chi connectivity index (χ1v) is 15.6. The Hall–Kier alpha value is -3.91. The fourth-order valence-electron chi connectivity index (χ4n) is 6.24. The van der Waals surface area contributed by atoms with Crippen LogP contribution in [0.15, 0.2) is 107 Å². The molecule has 7 nitrogen and oxygen atoms in total. The van der Waals surface area contributed by atoms with Crippen molar-refractivity contribution in [1.29, 1.82) is 0 Å². The molecular formula is C36H40ClN3O4. The topological polar surface area (TPSA) is 71.1 Å². The maximum atomic E-state index is 13.7. The van der Waals surface area contributed by atoms with Gasteiger partial charge in [0.1, 0.15) is 6.61 Å². The van der Waals surface area contributed by atoms with E-state index in [0.29, 0.717) is 39.7 Å². The maximum absolute atomic E-state index is 13.7.